The monoisotopic (exact) mass is 274 g/mol. The van der Waals surface area contributed by atoms with Gasteiger partial charge in [0.05, 0.1) is 10.9 Å². The number of hydrogen-bond acceptors (Lipinski definition) is 4. The van der Waals surface area contributed by atoms with Crippen LogP contribution in [0.5, 0.6) is 0 Å². The van der Waals surface area contributed by atoms with Gasteiger partial charge in [0.15, 0.2) is 5.82 Å². The zero-order valence-corrected chi connectivity index (χ0v) is 12.5. The van der Waals surface area contributed by atoms with Crippen LogP contribution in [0.2, 0.25) is 25.7 Å². The van der Waals surface area contributed by atoms with Gasteiger partial charge in [-0.25, -0.2) is 9.97 Å². The first kappa shape index (κ1) is 13.7. The predicted molar refractivity (Wildman–Crippen MR) is 76.4 cm³/mol. The predicted octanol–water partition coefficient (Wildman–Crippen LogP) is 2.68. The molecule has 0 aliphatic carbocycles. The summed E-state index contributed by atoms with van der Waals surface area (Å²) < 4.78 is 5.61. The van der Waals surface area contributed by atoms with Gasteiger partial charge in [-0.3, -0.25) is 0 Å². The molecule has 0 radical (unpaired) electrons. The lowest BCUT2D eigenvalue weighted by Gasteiger charge is -2.14. The molecule has 5 nitrogen and oxygen atoms in total. The molecule has 0 fully saturated rings. The van der Waals surface area contributed by atoms with Crippen molar-refractivity contribution in [1.29, 1.82) is 5.26 Å². The van der Waals surface area contributed by atoms with Crippen LogP contribution in [-0.4, -0.2) is 29.6 Å². The zero-order valence-electron chi connectivity index (χ0n) is 11.5. The van der Waals surface area contributed by atoms with Gasteiger partial charge in [0.1, 0.15) is 18.3 Å². The van der Waals surface area contributed by atoms with Crippen molar-refractivity contribution in [2.75, 3.05) is 6.61 Å². The van der Waals surface area contributed by atoms with E-state index < -0.39 is 8.07 Å². The van der Waals surface area contributed by atoms with Crippen LogP contribution in [0.4, 0.5) is 0 Å². The maximum Gasteiger partial charge on any atom is 0.156 e. The van der Waals surface area contributed by atoms with Crippen molar-refractivity contribution in [3.05, 3.63) is 23.8 Å². The number of hydrogen-bond donors (Lipinski definition) is 1. The van der Waals surface area contributed by atoms with Crippen molar-refractivity contribution < 1.29 is 4.74 Å². The van der Waals surface area contributed by atoms with E-state index in [2.05, 4.69) is 40.7 Å². The molecule has 2 aromatic rings. The fourth-order valence-corrected chi connectivity index (χ4v) is 2.40. The van der Waals surface area contributed by atoms with Crippen LogP contribution in [0.25, 0.3) is 11.0 Å². The highest BCUT2D eigenvalue weighted by molar-refractivity contribution is 6.76. The fraction of sp³-hybridized carbons (Fsp3) is 0.462. The number of aromatic amines is 1. The van der Waals surface area contributed by atoms with Gasteiger partial charge >= 0.3 is 0 Å². The van der Waals surface area contributed by atoms with Gasteiger partial charge in [0, 0.05) is 27.1 Å². The Morgan fingerprint density at radius 2 is 2.21 bits per heavy atom. The van der Waals surface area contributed by atoms with E-state index in [0.717, 1.165) is 18.0 Å². The number of nitrogens with one attached hydrogen (secondary N) is 1. The molecule has 2 rings (SSSR count). The number of aromatic nitrogens is 3. The van der Waals surface area contributed by atoms with Crippen LogP contribution in [-0.2, 0) is 11.3 Å². The second kappa shape index (κ2) is 5.51. The Bertz CT molecular complexity index is 609. The molecule has 0 unspecified atom stereocenters. The van der Waals surface area contributed by atoms with E-state index in [0.29, 0.717) is 23.6 Å². The molecule has 0 saturated heterocycles. The molecule has 2 aromatic heterocycles. The van der Waals surface area contributed by atoms with Crippen molar-refractivity contribution in [1.82, 2.24) is 15.0 Å². The summed E-state index contributed by atoms with van der Waals surface area (Å²) in [4.78, 5) is 11.5. The second-order valence-corrected chi connectivity index (χ2v) is 11.3. The Hall–Kier alpha value is -1.71. The van der Waals surface area contributed by atoms with Gasteiger partial charge in [-0.15, -0.1) is 0 Å². The molecule has 100 valence electrons. The third kappa shape index (κ3) is 3.62. The van der Waals surface area contributed by atoms with Crippen molar-refractivity contribution in [3.8, 4) is 6.07 Å². The van der Waals surface area contributed by atoms with Gasteiger partial charge in [0.2, 0.25) is 0 Å². The van der Waals surface area contributed by atoms with Gasteiger partial charge in [0.25, 0.3) is 0 Å². The van der Waals surface area contributed by atoms with E-state index >= 15 is 0 Å². The molecule has 0 aliphatic heterocycles. The molecule has 0 aromatic carbocycles. The van der Waals surface area contributed by atoms with E-state index in [9.17, 15) is 0 Å². The van der Waals surface area contributed by atoms with E-state index in [4.69, 9.17) is 10.00 Å². The molecule has 19 heavy (non-hydrogen) atoms. The second-order valence-electron chi connectivity index (χ2n) is 5.73. The topological polar surface area (TPSA) is 74.6 Å². The molecule has 2 heterocycles. The maximum absolute atomic E-state index is 8.90. The summed E-state index contributed by atoms with van der Waals surface area (Å²) in [5, 5.41) is 9.65. The number of ether oxygens (including phenoxy) is 1. The standard InChI is InChI=1S/C13H18N4OSi/c1-19(2,3)5-4-18-9-12-15-8-11-10(6-14)7-16-13(11)17-12/h7-8H,4-5,9H2,1-3H3,(H,15,16,17). The molecule has 0 amide bonds. The van der Waals surface area contributed by atoms with E-state index in [1.165, 1.54) is 0 Å². The highest BCUT2D eigenvalue weighted by Gasteiger charge is 2.12. The molecule has 6 heteroatoms. The normalized spacial score (nSPS) is 11.7. The lowest BCUT2D eigenvalue weighted by Crippen LogP contribution is -2.21. The van der Waals surface area contributed by atoms with E-state index in [1.54, 1.807) is 12.4 Å². The smallest absolute Gasteiger partial charge is 0.156 e. The Labute approximate surface area is 113 Å². The Kier molecular flexibility index (Phi) is 3.98. The molecule has 0 aliphatic rings. The minimum Gasteiger partial charge on any atom is -0.374 e. The summed E-state index contributed by atoms with van der Waals surface area (Å²) in [5.74, 6) is 0.648. The largest absolute Gasteiger partial charge is 0.374 e. The first-order valence-electron chi connectivity index (χ1n) is 6.30. The maximum atomic E-state index is 8.90. The summed E-state index contributed by atoms with van der Waals surface area (Å²) in [6.45, 7) is 8.14. The zero-order chi connectivity index (χ0) is 13.9. The van der Waals surface area contributed by atoms with Crippen molar-refractivity contribution in [2.45, 2.75) is 32.3 Å². The number of nitrogens with zero attached hydrogens (tertiary/aromatic N) is 3. The summed E-state index contributed by atoms with van der Waals surface area (Å²) in [5.41, 5.74) is 1.26. The Morgan fingerprint density at radius 1 is 1.42 bits per heavy atom. The number of nitriles is 1. The lowest BCUT2D eigenvalue weighted by atomic mass is 10.3. The Balaban J connectivity index is 1.97. The van der Waals surface area contributed by atoms with Crippen molar-refractivity contribution in [2.24, 2.45) is 0 Å². The molecular weight excluding hydrogens is 256 g/mol. The van der Waals surface area contributed by atoms with E-state index in [-0.39, 0.29) is 0 Å². The summed E-state index contributed by atoms with van der Waals surface area (Å²) in [6, 6.07) is 3.24. The van der Waals surface area contributed by atoms with Gasteiger partial charge in [-0.1, -0.05) is 19.6 Å². The highest BCUT2D eigenvalue weighted by Crippen LogP contribution is 2.14. The first-order valence-corrected chi connectivity index (χ1v) is 10.0. The lowest BCUT2D eigenvalue weighted by molar-refractivity contribution is 0.127. The molecular formula is C13H18N4OSi. The van der Waals surface area contributed by atoms with Crippen LogP contribution in [0.15, 0.2) is 12.4 Å². The molecule has 0 bridgehead atoms. The summed E-state index contributed by atoms with van der Waals surface area (Å²) in [7, 11) is -1.05. The van der Waals surface area contributed by atoms with Crippen LogP contribution in [0.1, 0.15) is 11.4 Å². The van der Waals surface area contributed by atoms with Crippen LogP contribution in [0, 0.1) is 11.3 Å². The van der Waals surface area contributed by atoms with Crippen molar-refractivity contribution >= 4 is 19.1 Å². The summed E-state index contributed by atoms with van der Waals surface area (Å²) >= 11 is 0. The summed E-state index contributed by atoms with van der Waals surface area (Å²) in [6.07, 6.45) is 3.32. The van der Waals surface area contributed by atoms with Gasteiger partial charge in [-0.05, 0) is 6.04 Å². The minimum absolute atomic E-state index is 0.418. The molecule has 0 saturated carbocycles. The fourth-order valence-electron chi connectivity index (χ4n) is 1.65. The highest BCUT2D eigenvalue weighted by atomic mass is 28.3. The number of rotatable bonds is 5. The van der Waals surface area contributed by atoms with Crippen LogP contribution in [0.3, 0.4) is 0 Å². The molecule has 0 spiro atoms. The van der Waals surface area contributed by atoms with Crippen LogP contribution >= 0.6 is 0 Å². The first-order chi connectivity index (χ1) is 8.99. The van der Waals surface area contributed by atoms with Gasteiger partial charge in [-0.2, -0.15) is 5.26 Å². The van der Waals surface area contributed by atoms with E-state index in [1.807, 2.05) is 0 Å². The van der Waals surface area contributed by atoms with Crippen LogP contribution < -0.4 is 0 Å². The third-order valence-corrected chi connectivity index (χ3v) is 4.53. The molecule has 0 atom stereocenters. The van der Waals surface area contributed by atoms with Crippen molar-refractivity contribution in [3.63, 3.8) is 0 Å². The number of fused-ring (bicyclic) bond motifs is 1. The minimum atomic E-state index is -1.05. The average Bonchev–Trinajstić information content (AvgIpc) is 2.75. The SMILES string of the molecule is C[Si](C)(C)CCOCc1ncc2c(C#N)c[nH]c2n1. The molecule has 1 N–H and O–H groups in total. The third-order valence-electron chi connectivity index (χ3n) is 2.83. The number of H-pyrrole nitrogens is 1. The average molecular weight is 274 g/mol. The van der Waals surface area contributed by atoms with Gasteiger partial charge < -0.3 is 9.72 Å². The quantitative estimate of drug-likeness (QED) is 0.672. The Morgan fingerprint density at radius 3 is 2.89 bits per heavy atom.